The first kappa shape index (κ1) is 19.7. The minimum atomic E-state index is -0.470. The SMILES string of the molecule is C/C(=N\NC(=O)CNc1ccccc1)c1nnn(-c2cccc([N+](=O)[O-])c2)c1C. The summed E-state index contributed by atoms with van der Waals surface area (Å²) in [6.45, 7) is 3.53. The van der Waals surface area contributed by atoms with Crippen molar-refractivity contribution in [1.29, 1.82) is 0 Å². The van der Waals surface area contributed by atoms with Crippen LogP contribution in [0.5, 0.6) is 0 Å². The second-order valence-corrected chi connectivity index (χ2v) is 6.16. The van der Waals surface area contributed by atoms with Crippen molar-refractivity contribution in [2.75, 3.05) is 11.9 Å². The van der Waals surface area contributed by atoms with Crippen molar-refractivity contribution in [2.45, 2.75) is 13.8 Å². The van der Waals surface area contributed by atoms with Crippen LogP contribution in [-0.4, -0.2) is 38.1 Å². The summed E-state index contributed by atoms with van der Waals surface area (Å²) in [5, 5.41) is 26.2. The highest BCUT2D eigenvalue weighted by molar-refractivity contribution is 5.98. The molecule has 2 aromatic carbocycles. The Balaban J connectivity index is 1.68. The quantitative estimate of drug-likeness (QED) is 0.360. The Morgan fingerprint density at radius 2 is 1.97 bits per heavy atom. The standard InChI is InChI=1S/C19H19N7O3/c1-13(21-22-18(27)12-20-15-7-4-3-5-8-15)19-14(2)25(24-23-19)16-9-6-10-17(11-16)26(28)29/h3-11,20H,12H2,1-2H3,(H,22,27)/b21-13+. The van der Waals surface area contributed by atoms with Crippen LogP contribution in [0.25, 0.3) is 5.69 Å². The van der Waals surface area contributed by atoms with Gasteiger partial charge in [-0.05, 0) is 32.0 Å². The molecule has 0 fully saturated rings. The number of amides is 1. The molecule has 0 bridgehead atoms. The smallest absolute Gasteiger partial charge is 0.271 e. The van der Waals surface area contributed by atoms with E-state index in [1.165, 1.54) is 16.8 Å². The zero-order valence-electron chi connectivity index (χ0n) is 15.9. The molecule has 0 unspecified atom stereocenters. The van der Waals surface area contributed by atoms with Crippen LogP contribution in [-0.2, 0) is 4.79 Å². The molecule has 0 saturated carbocycles. The number of non-ortho nitro benzene ring substituents is 1. The number of nitro groups is 1. The van der Waals surface area contributed by atoms with Crippen molar-refractivity contribution in [1.82, 2.24) is 20.4 Å². The number of nitrogens with one attached hydrogen (secondary N) is 2. The summed E-state index contributed by atoms with van der Waals surface area (Å²) in [6.07, 6.45) is 0. The molecule has 0 aliphatic heterocycles. The zero-order valence-corrected chi connectivity index (χ0v) is 15.9. The number of carbonyl (C=O) groups is 1. The van der Waals surface area contributed by atoms with Crippen LogP contribution < -0.4 is 10.7 Å². The number of rotatable bonds is 7. The molecule has 29 heavy (non-hydrogen) atoms. The highest BCUT2D eigenvalue weighted by Gasteiger charge is 2.15. The molecule has 0 aliphatic rings. The largest absolute Gasteiger partial charge is 0.376 e. The van der Waals surface area contributed by atoms with E-state index >= 15 is 0 Å². The molecule has 0 saturated heterocycles. The molecule has 2 N–H and O–H groups in total. The number of benzene rings is 2. The fourth-order valence-electron chi connectivity index (χ4n) is 2.62. The van der Waals surface area contributed by atoms with Gasteiger partial charge in [0.1, 0.15) is 5.69 Å². The molecule has 1 heterocycles. The second kappa shape index (κ2) is 8.74. The Morgan fingerprint density at radius 1 is 1.21 bits per heavy atom. The minimum Gasteiger partial charge on any atom is -0.376 e. The maximum absolute atomic E-state index is 12.0. The molecule has 10 nitrogen and oxygen atoms in total. The van der Waals surface area contributed by atoms with Gasteiger partial charge in [-0.1, -0.05) is 29.5 Å². The Bertz CT molecular complexity index is 1060. The molecular formula is C19H19N7O3. The lowest BCUT2D eigenvalue weighted by Crippen LogP contribution is -2.26. The van der Waals surface area contributed by atoms with Crippen LogP contribution in [0.2, 0.25) is 0 Å². The van der Waals surface area contributed by atoms with Crippen molar-refractivity contribution in [3.63, 3.8) is 0 Å². The maximum atomic E-state index is 12.0. The summed E-state index contributed by atoms with van der Waals surface area (Å²) in [5.74, 6) is -0.308. The van der Waals surface area contributed by atoms with Crippen LogP contribution in [0.1, 0.15) is 18.3 Å². The lowest BCUT2D eigenvalue weighted by molar-refractivity contribution is -0.384. The van der Waals surface area contributed by atoms with Crippen LogP contribution in [0.15, 0.2) is 59.7 Å². The number of hydrazone groups is 1. The van der Waals surface area contributed by atoms with E-state index in [1.54, 1.807) is 26.0 Å². The number of nitrogens with zero attached hydrogens (tertiary/aromatic N) is 5. The number of anilines is 1. The van der Waals surface area contributed by atoms with Gasteiger partial charge in [0, 0.05) is 17.8 Å². The normalized spacial score (nSPS) is 11.2. The number of nitro benzene ring substituents is 1. The predicted octanol–water partition coefficient (Wildman–Crippen LogP) is 2.44. The van der Waals surface area contributed by atoms with Gasteiger partial charge in [0.05, 0.1) is 28.6 Å². The topological polar surface area (TPSA) is 127 Å². The van der Waals surface area contributed by atoms with E-state index in [-0.39, 0.29) is 18.1 Å². The van der Waals surface area contributed by atoms with Gasteiger partial charge in [-0.25, -0.2) is 10.1 Å². The van der Waals surface area contributed by atoms with Crippen molar-refractivity contribution in [3.8, 4) is 5.69 Å². The molecule has 0 atom stereocenters. The first-order valence-corrected chi connectivity index (χ1v) is 8.75. The van der Waals surface area contributed by atoms with Crippen molar-refractivity contribution < 1.29 is 9.72 Å². The first-order chi connectivity index (χ1) is 14.0. The van der Waals surface area contributed by atoms with E-state index in [0.717, 1.165) is 5.69 Å². The Hall–Kier alpha value is -4.08. The monoisotopic (exact) mass is 393 g/mol. The predicted molar refractivity (Wildman–Crippen MR) is 108 cm³/mol. The highest BCUT2D eigenvalue weighted by atomic mass is 16.6. The maximum Gasteiger partial charge on any atom is 0.271 e. The Labute approximate surface area is 166 Å². The third kappa shape index (κ3) is 4.80. The summed E-state index contributed by atoms with van der Waals surface area (Å²) in [5.41, 5.74) is 5.36. The van der Waals surface area contributed by atoms with E-state index < -0.39 is 4.92 Å². The number of aromatic nitrogens is 3. The van der Waals surface area contributed by atoms with Crippen molar-refractivity contribution >= 4 is 23.0 Å². The van der Waals surface area contributed by atoms with Crippen LogP contribution in [0, 0.1) is 17.0 Å². The van der Waals surface area contributed by atoms with E-state index in [9.17, 15) is 14.9 Å². The summed E-state index contributed by atoms with van der Waals surface area (Å²) in [7, 11) is 0. The molecule has 0 radical (unpaired) electrons. The van der Waals surface area contributed by atoms with Crippen LogP contribution in [0.3, 0.4) is 0 Å². The molecule has 0 spiro atoms. The molecular weight excluding hydrogens is 374 g/mol. The lowest BCUT2D eigenvalue weighted by atomic mass is 10.2. The number of carbonyl (C=O) groups excluding carboxylic acids is 1. The molecule has 10 heteroatoms. The van der Waals surface area contributed by atoms with Crippen LogP contribution in [0.4, 0.5) is 11.4 Å². The Kier molecular flexibility index (Phi) is 5.93. The van der Waals surface area contributed by atoms with Gasteiger partial charge >= 0.3 is 0 Å². The summed E-state index contributed by atoms with van der Waals surface area (Å²) in [6, 6.07) is 15.4. The van der Waals surface area contributed by atoms with Crippen LogP contribution >= 0.6 is 0 Å². The van der Waals surface area contributed by atoms with Gasteiger partial charge in [-0.2, -0.15) is 5.10 Å². The van der Waals surface area contributed by atoms with E-state index in [4.69, 9.17) is 0 Å². The molecule has 148 valence electrons. The van der Waals surface area contributed by atoms with Gasteiger partial charge in [0.15, 0.2) is 0 Å². The first-order valence-electron chi connectivity index (χ1n) is 8.75. The minimum absolute atomic E-state index is 0.0393. The zero-order chi connectivity index (χ0) is 20.8. The molecule has 3 rings (SSSR count). The third-order valence-electron chi connectivity index (χ3n) is 4.10. The van der Waals surface area contributed by atoms with Crippen molar-refractivity contribution in [3.05, 3.63) is 76.1 Å². The van der Waals surface area contributed by atoms with Crippen molar-refractivity contribution in [2.24, 2.45) is 5.10 Å². The third-order valence-corrected chi connectivity index (χ3v) is 4.10. The van der Waals surface area contributed by atoms with E-state index in [2.05, 4.69) is 26.2 Å². The number of para-hydroxylation sites is 1. The van der Waals surface area contributed by atoms with Gasteiger partial charge in [0.25, 0.3) is 11.6 Å². The van der Waals surface area contributed by atoms with Gasteiger partial charge < -0.3 is 5.32 Å². The fraction of sp³-hybridized carbons (Fsp3) is 0.158. The average Bonchev–Trinajstić information content (AvgIpc) is 3.12. The van der Waals surface area contributed by atoms with E-state index in [1.807, 2.05) is 30.3 Å². The Morgan fingerprint density at radius 3 is 2.69 bits per heavy atom. The lowest BCUT2D eigenvalue weighted by Gasteiger charge is -2.06. The summed E-state index contributed by atoms with van der Waals surface area (Å²) in [4.78, 5) is 22.5. The van der Waals surface area contributed by atoms with E-state index in [0.29, 0.717) is 22.8 Å². The molecule has 1 aromatic heterocycles. The average molecular weight is 393 g/mol. The molecule has 1 amide bonds. The second-order valence-electron chi connectivity index (χ2n) is 6.16. The number of hydrogen-bond acceptors (Lipinski definition) is 7. The molecule has 3 aromatic rings. The fourth-order valence-corrected chi connectivity index (χ4v) is 2.62. The number of hydrogen-bond donors (Lipinski definition) is 2. The highest BCUT2D eigenvalue weighted by Crippen LogP contribution is 2.18. The summed E-state index contributed by atoms with van der Waals surface area (Å²) >= 11 is 0. The summed E-state index contributed by atoms with van der Waals surface area (Å²) < 4.78 is 1.49. The molecule has 0 aliphatic carbocycles. The van der Waals surface area contributed by atoms with Gasteiger partial charge in [-0.3, -0.25) is 14.9 Å². The van der Waals surface area contributed by atoms with Gasteiger partial charge in [0.2, 0.25) is 0 Å². The van der Waals surface area contributed by atoms with Gasteiger partial charge in [-0.15, -0.1) is 5.10 Å².